The SMILES string of the molecule is Cc1cc(CP(C)O)cc(C)c1Cc1ccc(O)c(C(=O)N[C@@H](C)C(=O)O)c1. The molecular weight excluding hydrogens is 377 g/mol. The molecule has 28 heavy (non-hydrogen) atoms. The van der Waals surface area contributed by atoms with Crippen molar-refractivity contribution < 1.29 is 24.7 Å². The van der Waals surface area contributed by atoms with E-state index in [-0.39, 0.29) is 11.3 Å². The molecule has 6 nitrogen and oxygen atoms in total. The maximum absolute atomic E-state index is 12.3. The van der Waals surface area contributed by atoms with Crippen LogP contribution in [0.25, 0.3) is 0 Å². The van der Waals surface area contributed by atoms with E-state index in [2.05, 4.69) is 17.4 Å². The van der Waals surface area contributed by atoms with Crippen molar-refractivity contribution in [2.75, 3.05) is 6.66 Å². The van der Waals surface area contributed by atoms with E-state index in [0.717, 1.165) is 27.8 Å². The molecule has 2 atom stereocenters. The Bertz CT molecular complexity index is 871. The highest BCUT2D eigenvalue weighted by atomic mass is 31.1. The van der Waals surface area contributed by atoms with Crippen LogP contribution in [-0.4, -0.2) is 39.7 Å². The van der Waals surface area contributed by atoms with Crippen molar-refractivity contribution in [3.05, 3.63) is 63.7 Å². The molecule has 2 aromatic rings. The molecule has 1 amide bonds. The second kappa shape index (κ2) is 9.18. The normalized spacial score (nSPS) is 13.0. The van der Waals surface area contributed by atoms with E-state index in [9.17, 15) is 19.6 Å². The van der Waals surface area contributed by atoms with E-state index in [1.54, 1.807) is 12.1 Å². The van der Waals surface area contributed by atoms with Gasteiger partial charge in [0.1, 0.15) is 11.8 Å². The minimum absolute atomic E-state index is 0.0504. The number of benzene rings is 2. The summed E-state index contributed by atoms with van der Waals surface area (Å²) in [6.07, 6.45) is 1.23. The number of phenols is 1. The second-order valence-electron chi connectivity index (χ2n) is 7.09. The maximum atomic E-state index is 12.3. The zero-order valence-corrected chi connectivity index (χ0v) is 17.4. The number of aliphatic carboxylic acids is 1. The van der Waals surface area contributed by atoms with Gasteiger partial charge in [0.25, 0.3) is 5.91 Å². The Kier molecular flexibility index (Phi) is 7.17. The van der Waals surface area contributed by atoms with Gasteiger partial charge in [-0.1, -0.05) is 18.2 Å². The Morgan fingerprint density at radius 3 is 2.25 bits per heavy atom. The molecule has 150 valence electrons. The molecule has 2 aromatic carbocycles. The lowest BCUT2D eigenvalue weighted by atomic mass is 9.93. The van der Waals surface area contributed by atoms with Crippen LogP contribution in [0.3, 0.4) is 0 Å². The monoisotopic (exact) mass is 403 g/mol. The second-order valence-corrected chi connectivity index (χ2v) is 8.72. The number of aromatic hydroxyl groups is 1. The summed E-state index contributed by atoms with van der Waals surface area (Å²) in [5.74, 6) is -1.96. The van der Waals surface area contributed by atoms with Gasteiger partial charge in [0, 0.05) is 14.3 Å². The number of carboxylic acid groups (broad SMARTS) is 1. The fraction of sp³-hybridized carbons (Fsp3) is 0.333. The van der Waals surface area contributed by atoms with Gasteiger partial charge in [0.15, 0.2) is 0 Å². The molecule has 0 radical (unpaired) electrons. The lowest BCUT2D eigenvalue weighted by molar-refractivity contribution is -0.138. The average molecular weight is 403 g/mol. The van der Waals surface area contributed by atoms with Gasteiger partial charge < -0.3 is 20.4 Å². The molecule has 4 N–H and O–H groups in total. The van der Waals surface area contributed by atoms with Gasteiger partial charge in [-0.15, -0.1) is 0 Å². The van der Waals surface area contributed by atoms with Gasteiger partial charge in [0.2, 0.25) is 0 Å². The smallest absolute Gasteiger partial charge is 0.325 e. The summed E-state index contributed by atoms with van der Waals surface area (Å²) in [6, 6.07) is 7.87. The number of rotatable bonds is 7. The Morgan fingerprint density at radius 1 is 1.11 bits per heavy atom. The molecule has 0 aliphatic carbocycles. The van der Waals surface area contributed by atoms with Crippen LogP contribution < -0.4 is 5.32 Å². The number of carboxylic acids is 1. The third-order valence-corrected chi connectivity index (χ3v) is 5.39. The van der Waals surface area contributed by atoms with E-state index >= 15 is 0 Å². The lowest BCUT2D eigenvalue weighted by Crippen LogP contribution is -2.38. The Labute approximate surface area is 166 Å². The van der Waals surface area contributed by atoms with E-state index in [1.165, 1.54) is 13.0 Å². The van der Waals surface area contributed by atoms with Gasteiger partial charge in [0.05, 0.1) is 5.56 Å². The van der Waals surface area contributed by atoms with Gasteiger partial charge >= 0.3 is 5.97 Å². The predicted molar refractivity (Wildman–Crippen MR) is 110 cm³/mol. The first kappa shape index (κ1) is 21.9. The van der Waals surface area contributed by atoms with Gasteiger partial charge in [-0.25, -0.2) is 0 Å². The largest absolute Gasteiger partial charge is 0.507 e. The highest BCUT2D eigenvalue weighted by Gasteiger charge is 2.18. The number of nitrogens with one attached hydrogen (secondary N) is 1. The first-order chi connectivity index (χ1) is 13.1. The molecule has 0 fully saturated rings. The number of aryl methyl sites for hydroxylation is 2. The predicted octanol–water partition coefficient (Wildman–Crippen LogP) is 3.32. The molecule has 0 aromatic heterocycles. The minimum atomic E-state index is -1.14. The first-order valence-corrected chi connectivity index (χ1v) is 10.9. The number of phenolic OH excluding ortho intramolecular Hbond substituents is 1. The first-order valence-electron chi connectivity index (χ1n) is 8.93. The van der Waals surface area contributed by atoms with Crippen molar-refractivity contribution in [2.24, 2.45) is 0 Å². The van der Waals surface area contributed by atoms with Crippen molar-refractivity contribution in [1.82, 2.24) is 5.32 Å². The molecule has 0 saturated carbocycles. The van der Waals surface area contributed by atoms with Crippen LogP contribution in [0.1, 0.15) is 45.1 Å². The molecule has 7 heteroatoms. The highest BCUT2D eigenvalue weighted by Crippen LogP contribution is 2.32. The zero-order chi connectivity index (χ0) is 21.0. The standard InChI is InChI=1S/C21H26NO5P/c1-12-7-16(11-28(4)27)8-13(2)17(12)9-15-5-6-19(23)18(10-15)20(24)22-14(3)21(25)26/h5-8,10,14,23,27H,9,11H2,1-4H3,(H,22,24)(H,25,26)/t14-,28?/m0/s1. The van der Waals surface area contributed by atoms with Crippen molar-refractivity contribution in [2.45, 2.75) is 39.4 Å². The van der Waals surface area contributed by atoms with Crippen LogP contribution in [0.2, 0.25) is 0 Å². The number of carbonyl (C=O) groups excluding carboxylic acids is 1. The number of carbonyl (C=O) groups is 2. The van der Waals surface area contributed by atoms with Crippen molar-refractivity contribution in [3.63, 3.8) is 0 Å². The Hall–Kier alpha value is -2.43. The van der Waals surface area contributed by atoms with Crippen LogP contribution in [0.15, 0.2) is 30.3 Å². The third-order valence-electron chi connectivity index (χ3n) is 4.57. The number of hydrogen-bond donors (Lipinski definition) is 4. The fourth-order valence-electron chi connectivity index (χ4n) is 3.13. The van der Waals surface area contributed by atoms with Crippen LogP contribution >= 0.6 is 8.15 Å². The minimum Gasteiger partial charge on any atom is -0.507 e. The summed E-state index contributed by atoms with van der Waals surface area (Å²) in [6.45, 7) is 7.22. The molecule has 0 heterocycles. The quantitative estimate of drug-likeness (QED) is 0.531. The summed E-state index contributed by atoms with van der Waals surface area (Å²) >= 11 is 0. The van der Waals surface area contributed by atoms with Crippen LogP contribution in [0.5, 0.6) is 5.75 Å². The third kappa shape index (κ3) is 5.54. The van der Waals surface area contributed by atoms with Gasteiger partial charge in [-0.2, -0.15) is 0 Å². The molecule has 1 unspecified atom stereocenters. The summed E-state index contributed by atoms with van der Waals surface area (Å²) in [7, 11) is -1.00. The molecule has 0 aliphatic heterocycles. The zero-order valence-electron chi connectivity index (χ0n) is 16.5. The summed E-state index contributed by atoms with van der Waals surface area (Å²) < 4.78 is 0. The topological polar surface area (TPSA) is 107 Å². The van der Waals surface area contributed by atoms with E-state index in [0.29, 0.717) is 12.6 Å². The molecule has 0 spiro atoms. The molecule has 0 aliphatic rings. The molecular formula is C21H26NO5P. The van der Waals surface area contributed by atoms with E-state index < -0.39 is 26.1 Å². The molecule has 0 bridgehead atoms. The fourth-order valence-corrected chi connectivity index (χ4v) is 3.84. The number of amides is 1. The van der Waals surface area contributed by atoms with Gasteiger partial charge in [-0.05, 0) is 73.8 Å². The summed E-state index contributed by atoms with van der Waals surface area (Å²) in [4.78, 5) is 32.9. The van der Waals surface area contributed by atoms with E-state index in [4.69, 9.17) is 5.11 Å². The van der Waals surface area contributed by atoms with Gasteiger partial charge in [-0.3, -0.25) is 9.59 Å². The summed E-state index contributed by atoms with van der Waals surface area (Å²) in [5, 5.41) is 21.3. The Balaban J connectivity index is 2.28. The highest BCUT2D eigenvalue weighted by molar-refractivity contribution is 7.49. The molecule has 2 rings (SSSR count). The van der Waals surface area contributed by atoms with E-state index in [1.807, 2.05) is 20.5 Å². The summed E-state index contributed by atoms with van der Waals surface area (Å²) in [5.41, 5.74) is 5.32. The average Bonchev–Trinajstić information content (AvgIpc) is 2.58. The van der Waals surface area contributed by atoms with Crippen LogP contribution in [0.4, 0.5) is 0 Å². The molecule has 0 saturated heterocycles. The maximum Gasteiger partial charge on any atom is 0.325 e. The number of hydrogen-bond acceptors (Lipinski definition) is 4. The van der Waals surface area contributed by atoms with Crippen LogP contribution in [0, 0.1) is 13.8 Å². The van der Waals surface area contributed by atoms with Crippen LogP contribution in [-0.2, 0) is 17.4 Å². The van der Waals surface area contributed by atoms with Crippen molar-refractivity contribution >= 4 is 20.0 Å². The lowest BCUT2D eigenvalue weighted by Gasteiger charge is -2.15. The van der Waals surface area contributed by atoms with Crippen molar-refractivity contribution in [1.29, 1.82) is 0 Å². The van der Waals surface area contributed by atoms with Crippen molar-refractivity contribution in [3.8, 4) is 5.75 Å². The Morgan fingerprint density at radius 2 is 1.71 bits per heavy atom.